The van der Waals surface area contributed by atoms with Crippen molar-refractivity contribution in [2.24, 2.45) is 0 Å². The van der Waals surface area contributed by atoms with Crippen molar-refractivity contribution in [3.63, 3.8) is 0 Å². The minimum atomic E-state index is -4.13. The first-order valence-electron chi connectivity index (χ1n) is 9.25. The molecule has 3 rings (SSSR count). The van der Waals surface area contributed by atoms with Crippen LogP contribution in [0.3, 0.4) is 0 Å². The minimum absolute atomic E-state index is 0.0264. The summed E-state index contributed by atoms with van der Waals surface area (Å²) in [5, 5.41) is 6.73. The quantitative estimate of drug-likeness (QED) is 0.643. The number of rotatable bonds is 6. The molecule has 1 fully saturated rings. The molecule has 1 aromatic heterocycles. The van der Waals surface area contributed by atoms with Gasteiger partial charge in [-0.3, -0.25) is 4.79 Å². The van der Waals surface area contributed by atoms with Gasteiger partial charge in [0, 0.05) is 26.2 Å². The summed E-state index contributed by atoms with van der Waals surface area (Å²) >= 11 is 0. The Balaban J connectivity index is 1.65. The zero-order chi connectivity index (χ0) is 21.7. The van der Waals surface area contributed by atoms with Crippen LogP contribution in [0.1, 0.15) is 6.92 Å². The number of sulfone groups is 1. The van der Waals surface area contributed by atoms with Gasteiger partial charge in [-0.05, 0) is 19.1 Å². The van der Waals surface area contributed by atoms with Crippen LogP contribution in [0.5, 0.6) is 5.75 Å². The van der Waals surface area contributed by atoms with E-state index in [9.17, 15) is 18.0 Å². The van der Waals surface area contributed by atoms with Crippen molar-refractivity contribution in [1.82, 2.24) is 20.0 Å². The van der Waals surface area contributed by atoms with Crippen molar-refractivity contribution in [3.05, 3.63) is 24.3 Å². The van der Waals surface area contributed by atoms with Crippen LogP contribution in [0.2, 0.25) is 0 Å². The number of benzene rings is 1. The maximum absolute atomic E-state index is 12.6. The lowest BCUT2D eigenvalue weighted by atomic mass is 10.2. The number of hydrogen-bond acceptors (Lipinski definition) is 9. The summed E-state index contributed by atoms with van der Waals surface area (Å²) < 4.78 is 40.6. The standard InChI is InChI=1S/C18H22N4O7S/c1-3-28-18(24)22-10-8-21(9-11-22)15(23)12-30(25,26)17-20-19-16(29-17)13-6-4-5-7-14(13)27-2/h4-7H,3,8-12H2,1-2H3. The van der Waals surface area contributed by atoms with E-state index in [-0.39, 0.29) is 38.7 Å². The Labute approximate surface area is 173 Å². The smallest absolute Gasteiger partial charge is 0.409 e. The van der Waals surface area contributed by atoms with E-state index in [0.717, 1.165) is 0 Å². The van der Waals surface area contributed by atoms with Gasteiger partial charge < -0.3 is 23.7 Å². The average Bonchev–Trinajstić information content (AvgIpc) is 3.25. The molecule has 0 saturated carbocycles. The van der Waals surface area contributed by atoms with Gasteiger partial charge in [-0.15, -0.1) is 5.10 Å². The highest BCUT2D eigenvalue weighted by Gasteiger charge is 2.31. The molecule has 0 spiro atoms. The highest BCUT2D eigenvalue weighted by molar-refractivity contribution is 7.91. The van der Waals surface area contributed by atoms with Crippen LogP contribution in [0.15, 0.2) is 33.9 Å². The first kappa shape index (κ1) is 21.6. The molecule has 0 aliphatic carbocycles. The van der Waals surface area contributed by atoms with Gasteiger partial charge in [0.15, 0.2) is 0 Å². The van der Waals surface area contributed by atoms with Gasteiger partial charge in [0.05, 0.1) is 19.3 Å². The Hall–Kier alpha value is -3.15. The van der Waals surface area contributed by atoms with Crippen LogP contribution in [0.25, 0.3) is 11.5 Å². The van der Waals surface area contributed by atoms with Crippen LogP contribution in [0, 0.1) is 0 Å². The van der Waals surface area contributed by atoms with Crippen LogP contribution < -0.4 is 4.74 Å². The molecule has 2 amide bonds. The Bertz CT molecular complexity index is 1010. The largest absolute Gasteiger partial charge is 0.496 e. The number of amides is 2. The zero-order valence-electron chi connectivity index (χ0n) is 16.6. The topological polar surface area (TPSA) is 132 Å². The van der Waals surface area contributed by atoms with E-state index in [1.807, 2.05) is 0 Å². The maximum Gasteiger partial charge on any atom is 0.409 e. The third-order valence-electron chi connectivity index (χ3n) is 4.48. The summed E-state index contributed by atoms with van der Waals surface area (Å²) in [4.78, 5) is 27.0. The highest BCUT2D eigenvalue weighted by Crippen LogP contribution is 2.29. The molecular weight excluding hydrogens is 416 g/mol. The molecule has 1 aliphatic rings. The number of aromatic nitrogens is 2. The number of piperazine rings is 1. The molecule has 0 bridgehead atoms. The Morgan fingerprint density at radius 3 is 2.43 bits per heavy atom. The number of carbonyl (C=O) groups excluding carboxylic acids is 2. The predicted molar refractivity (Wildman–Crippen MR) is 104 cm³/mol. The number of methoxy groups -OCH3 is 1. The molecule has 2 heterocycles. The van der Waals surface area contributed by atoms with Gasteiger partial charge >= 0.3 is 11.3 Å². The molecule has 0 N–H and O–H groups in total. The average molecular weight is 438 g/mol. The van der Waals surface area contributed by atoms with E-state index < -0.39 is 32.8 Å². The molecule has 0 atom stereocenters. The lowest BCUT2D eigenvalue weighted by Crippen LogP contribution is -2.51. The van der Waals surface area contributed by atoms with Crippen molar-refractivity contribution in [2.75, 3.05) is 45.6 Å². The molecule has 1 aromatic carbocycles. The third-order valence-corrected chi connectivity index (χ3v) is 5.81. The van der Waals surface area contributed by atoms with Crippen molar-refractivity contribution in [2.45, 2.75) is 12.1 Å². The molecule has 1 aliphatic heterocycles. The molecule has 0 unspecified atom stereocenters. The first-order chi connectivity index (χ1) is 14.4. The Morgan fingerprint density at radius 1 is 1.10 bits per heavy atom. The molecule has 11 nitrogen and oxygen atoms in total. The van der Waals surface area contributed by atoms with E-state index in [0.29, 0.717) is 11.3 Å². The maximum atomic E-state index is 12.6. The van der Waals surface area contributed by atoms with E-state index in [2.05, 4.69) is 10.2 Å². The Morgan fingerprint density at radius 2 is 1.77 bits per heavy atom. The highest BCUT2D eigenvalue weighted by atomic mass is 32.2. The normalized spacial score (nSPS) is 14.5. The first-order valence-corrected chi connectivity index (χ1v) is 10.9. The van der Waals surface area contributed by atoms with Gasteiger partial charge in [0.1, 0.15) is 11.5 Å². The van der Waals surface area contributed by atoms with Crippen LogP contribution in [-0.2, 0) is 19.4 Å². The van der Waals surface area contributed by atoms with Crippen molar-refractivity contribution < 1.29 is 31.9 Å². The summed E-state index contributed by atoms with van der Waals surface area (Å²) in [6.45, 7) is 2.93. The van der Waals surface area contributed by atoms with Gasteiger partial charge in [-0.2, -0.15) is 0 Å². The van der Waals surface area contributed by atoms with Crippen molar-refractivity contribution >= 4 is 21.8 Å². The summed E-state index contributed by atoms with van der Waals surface area (Å²) in [6.07, 6.45) is -0.452. The van der Waals surface area contributed by atoms with Crippen molar-refractivity contribution in [1.29, 1.82) is 0 Å². The fraction of sp³-hybridized carbons (Fsp3) is 0.444. The second-order valence-corrected chi connectivity index (χ2v) is 8.27. The zero-order valence-corrected chi connectivity index (χ0v) is 17.4. The number of hydrogen-bond donors (Lipinski definition) is 0. The van der Waals surface area contributed by atoms with E-state index in [1.54, 1.807) is 31.2 Å². The van der Waals surface area contributed by atoms with E-state index in [1.165, 1.54) is 16.9 Å². The number of ether oxygens (including phenoxy) is 2. The second-order valence-electron chi connectivity index (χ2n) is 6.40. The second kappa shape index (κ2) is 9.11. The van der Waals surface area contributed by atoms with E-state index >= 15 is 0 Å². The third kappa shape index (κ3) is 4.70. The van der Waals surface area contributed by atoms with Gasteiger partial charge in [-0.1, -0.05) is 17.2 Å². The minimum Gasteiger partial charge on any atom is -0.496 e. The summed E-state index contributed by atoms with van der Waals surface area (Å²) in [6, 6.07) is 6.79. The monoisotopic (exact) mass is 438 g/mol. The molecule has 0 radical (unpaired) electrons. The molecule has 30 heavy (non-hydrogen) atoms. The molecule has 2 aromatic rings. The molecule has 162 valence electrons. The fourth-order valence-electron chi connectivity index (χ4n) is 2.93. The summed E-state index contributed by atoms with van der Waals surface area (Å²) in [5.74, 6) is -0.988. The molecule has 12 heteroatoms. The molecule has 1 saturated heterocycles. The number of nitrogens with zero attached hydrogens (tertiary/aromatic N) is 4. The SMILES string of the molecule is CCOC(=O)N1CCN(C(=O)CS(=O)(=O)c2nnc(-c3ccccc3OC)o2)CC1. The van der Waals surface area contributed by atoms with Crippen LogP contribution in [-0.4, -0.2) is 86.1 Å². The van der Waals surface area contributed by atoms with Crippen molar-refractivity contribution in [3.8, 4) is 17.2 Å². The Kier molecular flexibility index (Phi) is 6.55. The predicted octanol–water partition coefficient (Wildman–Crippen LogP) is 0.820. The van der Waals surface area contributed by atoms with E-state index in [4.69, 9.17) is 13.9 Å². The van der Waals surface area contributed by atoms with Gasteiger partial charge in [0.2, 0.25) is 15.7 Å². The van der Waals surface area contributed by atoms with Gasteiger partial charge in [0.25, 0.3) is 5.89 Å². The fourth-order valence-corrected chi connectivity index (χ4v) is 3.94. The lowest BCUT2D eigenvalue weighted by Gasteiger charge is -2.33. The number of para-hydroxylation sites is 1. The van der Waals surface area contributed by atoms with Gasteiger partial charge in [-0.25, -0.2) is 13.2 Å². The molecular formula is C18H22N4O7S. The number of carbonyl (C=O) groups is 2. The summed E-state index contributed by atoms with van der Waals surface area (Å²) in [5.41, 5.74) is 0.440. The van der Waals surface area contributed by atoms with Crippen LogP contribution >= 0.6 is 0 Å². The van der Waals surface area contributed by atoms with Crippen LogP contribution in [0.4, 0.5) is 4.79 Å². The lowest BCUT2D eigenvalue weighted by molar-refractivity contribution is -0.130. The summed E-state index contributed by atoms with van der Waals surface area (Å²) in [7, 11) is -2.67.